The molecule has 0 spiro atoms. The van der Waals surface area contributed by atoms with Crippen LogP contribution in [-0.2, 0) is 11.4 Å². The topological polar surface area (TPSA) is 121 Å². The number of aromatic carboxylic acids is 1. The summed E-state index contributed by atoms with van der Waals surface area (Å²) in [5.74, 6) is -4.08. The molecule has 0 unspecified atom stereocenters. The summed E-state index contributed by atoms with van der Waals surface area (Å²) in [5, 5.41) is 28.3. The van der Waals surface area contributed by atoms with E-state index < -0.39 is 23.5 Å². The van der Waals surface area contributed by atoms with Crippen molar-refractivity contribution in [1.29, 1.82) is 0 Å². The molecule has 1 heterocycles. The normalized spacial score (nSPS) is 11.1. The molecule has 8 heteroatoms. The Labute approximate surface area is 140 Å². The number of ketones is 1. The van der Waals surface area contributed by atoms with E-state index in [1.807, 2.05) is 0 Å². The van der Waals surface area contributed by atoms with Crippen LogP contribution in [0.4, 0.5) is 0 Å². The molecule has 3 N–H and O–H groups in total. The van der Waals surface area contributed by atoms with Gasteiger partial charge in [-0.3, -0.25) is 4.79 Å². The molecule has 7 nitrogen and oxygen atoms in total. The summed E-state index contributed by atoms with van der Waals surface area (Å²) in [4.78, 5) is 33.6. The number of thiophene rings is 1. The number of hydrogen-bond acceptors (Lipinski definition) is 6. The molecule has 0 fully saturated rings. The molecule has 0 aliphatic carbocycles. The van der Waals surface area contributed by atoms with Crippen molar-refractivity contribution in [2.75, 3.05) is 0 Å². The van der Waals surface area contributed by atoms with E-state index >= 15 is 0 Å². The third kappa shape index (κ3) is 4.20. The van der Waals surface area contributed by atoms with Gasteiger partial charge in [-0.25, -0.2) is 9.59 Å². The highest BCUT2D eigenvalue weighted by Crippen LogP contribution is 2.20. The lowest BCUT2D eigenvalue weighted by atomic mass is 10.1. The van der Waals surface area contributed by atoms with Gasteiger partial charge in [0.15, 0.2) is 5.78 Å². The first-order valence-electron chi connectivity index (χ1n) is 6.59. The van der Waals surface area contributed by atoms with E-state index in [2.05, 4.69) is 0 Å². The average Bonchev–Trinajstić information content (AvgIpc) is 3.01. The van der Waals surface area contributed by atoms with Gasteiger partial charge in [-0.15, -0.1) is 11.3 Å². The monoisotopic (exact) mass is 348 g/mol. The van der Waals surface area contributed by atoms with Crippen molar-refractivity contribution < 1.29 is 34.4 Å². The predicted octanol–water partition coefficient (Wildman–Crippen LogP) is 2.73. The molecular weight excluding hydrogens is 336 g/mol. The number of carbonyl (C=O) groups is 3. The zero-order chi connectivity index (χ0) is 17.7. The van der Waals surface area contributed by atoms with Crippen LogP contribution in [0.5, 0.6) is 5.75 Å². The fraction of sp³-hybridized carbons (Fsp3) is 0.0625. The summed E-state index contributed by atoms with van der Waals surface area (Å²) in [6.45, 7) is 0.0129. The van der Waals surface area contributed by atoms with E-state index in [0.29, 0.717) is 17.4 Å². The number of carboxylic acids is 2. The van der Waals surface area contributed by atoms with Crippen LogP contribution in [0.25, 0.3) is 0 Å². The van der Waals surface area contributed by atoms with Gasteiger partial charge in [0.2, 0.25) is 5.76 Å². The largest absolute Gasteiger partial charge is 0.502 e. The number of benzene rings is 1. The second kappa shape index (κ2) is 7.42. The van der Waals surface area contributed by atoms with Crippen molar-refractivity contribution in [1.82, 2.24) is 0 Å². The molecule has 2 rings (SSSR count). The van der Waals surface area contributed by atoms with Gasteiger partial charge in [0.1, 0.15) is 17.2 Å². The summed E-state index contributed by atoms with van der Waals surface area (Å²) < 4.78 is 5.48. The van der Waals surface area contributed by atoms with Crippen LogP contribution >= 0.6 is 11.3 Å². The molecule has 0 amide bonds. The van der Waals surface area contributed by atoms with Gasteiger partial charge in [-0.05, 0) is 23.6 Å². The van der Waals surface area contributed by atoms with Crippen molar-refractivity contribution in [3.05, 3.63) is 63.6 Å². The van der Waals surface area contributed by atoms with Gasteiger partial charge in [0.25, 0.3) is 0 Å². The first kappa shape index (κ1) is 17.2. The highest BCUT2D eigenvalue weighted by atomic mass is 32.1. The number of rotatable bonds is 7. The third-order valence-corrected chi connectivity index (χ3v) is 3.89. The predicted molar refractivity (Wildman–Crippen MR) is 84.7 cm³/mol. The SMILES string of the molecule is O=C(O)/C(O)=C/C(=O)c1cccc(OCc2ccsc2C(=O)O)c1. The molecule has 0 aliphatic rings. The lowest BCUT2D eigenvalue weighted by Crippen LogP contribution is -2.05. The van der Waals surface area contributed by atoms with Crippen LogP contribution in [0.2, 0.25) is 0 Å². The van der Waals surface area contributed by atoms with E-state index in [9.17, 15) is 14.4 Å². The molecule has 1 aromatic carbocycles. The summed E-state index contributed by atoms with van der Waals surface area (Å²) in [6, 6.07) is 7.55. The highest BCUT2D eigenvalue weighted by Gasteiger charge is 2.13. The Hall–Kier alpha value is -3.13. The van der Waals surface area contributed by atoms with Gasteiger partial charge < -0.3 is 20.1 Å². The van der Waals surface area contributed by atoms with Crippen molar-refractivity contribution in [2.24, 2.45) is 0 Å². The standard InChI is InChI=1S/C16H12O7S/c17-12(7-13(18)15(19)20)9-2-1-3-11(6-9)23-8-10-4-5-24-14(10)16(21)22/h1-7,18H,8H2,(H,19,20)(H,21,22)/b13-7-. The molecule has 0 atom stereocenters. The van der Waals surface area contributed by atoms with Crippen molar-refractivity contribution in [2.45, 2.75) is 6.61 Å². The molecule has 0 radical (unpaired) electrons. The lowest BCUT2D eigenvalue weighted by molar-refractivity contribution is -0.135. The second-order valence-corrected chi connectivity index (χ2v) is 5.51. The summed E-state index contributed by atoms with van der Waals surface area (Å²) >= 11 is 1.09. The van der Waals surface area contributed by atoms with Crippen LogP contribution in [0.3, 0.4) is 0 Å². The third-order valence-electron chi connectivity index (χ3n) is 2.94. The van der Waals surface area contributed by atoms with Gasteiger partial charge in [-0.2, -0.15) is 0 Å². The second-order valence-electron chi connectivity index (χ2n) is 4.60. The Bertz CT molecular complexity index is 819. The Kier molecular flexibility index (Phi) is 5.33. The summed E-state index contributed by atoms with van der Waals surface area (Å²) in [7, 11) is 0. The number of aliphatic hydroxyl groups is 1. The first-order chi connectivity index (χ1) is 11.4. The van der Waals surface area contributed by atoms with Gasteiger partial charge in [-0.1, -0.05) is 12.1 Å². The van der Waals surface area contributed by atoms with Gasteiger partial charge in [0.05, 0.1) is 0 Å². The fourth-order valence-corrected chi connectivity index (χ4v) is 2.55. The Morgan fingerprint density at radius 2 is 1.88 bits per heavy atom. The molecule has 0 saturated carbocycles. The quantitative estimate of drug-likeness (QED) is 0.399. The van der Waals surface area contributed by atoms with Crippen LogP contribution in [0, 0.1) is 0 Å². The summed E-state index contributed by atoms with van der Waals surface area (Å²) in [6.07, 6.45) is 0.600. The van der Waals surface area contributed by atoms with Crippen LogP contribution in [0.1, 0.15) is 25.6 Å². The molecule has 24 heavy (non-hydrogen) atoms. The molecular formula is C16H12O7S. The van der Waals surface area contributed by atoms with Crippen LogP contribution in [0.15, 0.2) is 47.5 Å². The fourth-order valence-electron chi connectivity index (χ4n) is 1.81. The maximum atomic E-state index is 11.9. The van der Waals surface area contributed by atoms with Crippen LogP contribution < -0.4 is 4.74 Å². The number of aliphatic hydroxyl groups excluding tert-OH is 1. The van der Waals surface area contributed by atoms with Crippen molar-refractivity contribution >= 4 is 29.1 Å². The Morgan fingerprint density at radius 3 is 2.54 bits per heavy atom. The minimum absolute atomic E-state index is 0.0129. The number of hydrogen-bond donors (Lipinski definition) is 3. The Morgan fingerprint density at radius 1 is 1.12 bits per heavy atom. The smallest absolute Gasteiger partial charge is 0.371 e. The van der Waals surface area contributed by atoms with Gasteiger partial charge >= 0.3 is 11.9 Å². The van der Waals surface area contributed by atoms with E-state index in [4.69, 9.17) is 20.1 Å². The van der Waals surface area contributed by atoms with E-state index in [1.165, 1.54) is 18.2 Å². The first-order valence-corrected chi connectivity index (χ1v) is 7.47. The number of aliphatic carboxylic acids is 1. The molecule has 2 aromatic rings. The lowest BCUT2D eigenvalue weighted by Gasteiger charge is -2.07. The highest BCUT2D eigenvalue weighted by molar-refractivity contribution is 7.12. The molecule has 0 aliphatic heterocycles. The molecule has 124 valence electrons. The van der Waals surface area contributed by atoms with Crippen molar-refractivity contribution in [3.63, 3.8) is 0 Å². The average molecular weight is 348 g/mol. The van der Waals surface area contributed by atoms with Crippen molar-refractivity contribution in [3.8, 4) is 5.75 Å². The zero-order valence-corrected chi connectivity index (χ0v) is 12.9. The number of carbonyl (C=O) groups excluding carboxylic acids is 1. The Balaban J connectivity index is 2.12. The molecule has 0 saturated heterocycles. The summed E-state index contributed by atoms with van der Waals surface area (Å²) in [5.41, 5.74) is 0.636. The number of carboxylic acid groups (broad SMARTS) is 2. The van der Waals surface area contributed by atoms with Crippen LogP contribution in [-0.4, -0.2) is 33.0 Å². The number of ether oxygens (including phenoxy) is 1. The zero-order valence-electron chi connectivity index (χ0n) is 12.1. The van der Waals surface area contributed by atoms with E-state index in [0.717, 1.165) is 11.3 Å². The minimum atomic E-state index is -1.60. The maximum Gasteiger partial charge on any atom is 0.371 e. The van der Waals surface area contributed by atoms with E-state index in [1.54, 1.807) is 17.5 Å². The molecule has 1 aromatic heterocycles. The molecule has 0 bridgehead atoms. The van der Waals surface area contributed by atoms with Gasteiger partial charge in [0, 0.05) is 17.2 Å². The number of allylic oxidation sites excluding steroid dienone is 1. The minimum Gasteiger partial charge on any atom is -0.502 e. The maximum absolute atomic E-state index is 11.9. The van der Waals surface area contributed by atoms with E-state index in [-0.39, 0.29) is 17.0 Å².